The number of ether oxygens (including phenoxy) is 1. The summed E-state index contributed by atoms with van der Waals surface area (Å²) in [4.78, 5) is 11.7. The van der Waals surface area contributed by atoms with Gasteiger partial charge in [0.2, 0.25) is 0 Å². The Balaban J connectivity index is 2.23. The van der Waals surface area contributed by atoms with Gasteiger partial charge < -0.3 is 9.15 Å². The highest BCUT2D eigenvalue weighted by atomic mass is 35.5. The van der Waals surface area contributed by atoms with Gasteiger partial charge in [0, 0.05) is 0 Å². The number of aryl methyl sites for hydroxylation is 1. The van der Waals surface area contributed by atoms with Crippen molar-refractivity contribution in [3.8, 4) is 11.5 Å². The van der Waals surface area contributed by atoms with Crippen molar-refractivity contribution in [1.82, 2.24) is 0 Å². The van der Waals surface area contributed by atoms with Gasteiger partial charge in [-0.3, -0.25) is 0 Å². The second-order valence-corrected chi connectivity index (χ2v) is 5.34. The van der Waals surface area contributed by atoms with Gasteiger partial charge in [0.25, 0.3) is 0 Å². The van der Waals surface area contributed by atoms with Crippen molar-refractivity contribution in [2.24, 2.45) is 0 Å². The second-order valence-electron chi connectivity index (χ2n) is 4.53. The van der Waals surface area contributed by atoms with Gasteiger partial charge in [-0.2, -0.15) is 0 Å². The number of halogens is 2. The van der Waals surface area contributed by atoms with E-state index in [0.29, 0.717) is 32.5 Å². The fourth-order valence-electron chi connectivity index (χ4n) is 2.08. The molecule has 0 saturated carbocycles. The summed E-state index contributed by atoms with van der Waals surface area (Å²) >= 11 is 12.3. The number of fused-ring (bicyclic) bond motifs is 1. The Kier molecular flexibility index (Phi) is 3.62. The molecule has 3 aromatic rings. The van der Waals surface area contributed by atoms with Gasteiger partial charge in [-0.05, 0) is 30.7 Å². The number of benzene rings is 2. The van der Waals surface area contributed by atoms with Gasteiger partial charge >= 0.3 is 5.63 Å². The minimum absolute atomic E-state index is 0.322. The maximum Gasteiger partial charge on any atom is 0.339 e. The third kappa shape index (κ3) is 2.62. The van der Waals surface area contributed by atoms with Gasteiger partial charge in [0.05, 0.1) is 21.5 Å². The molecule has 0 unspecified atom stereocenters. The molecule has 3 nitrogen and oxygen atoms in total. The fraction of sp³-hybridized carbons (Fsp3) is 0.0625. The predicted octanol–water partition coefficient (Wildman–Crippen LogP) is 5.20. The van der Waals surface area contributed by atoms with Gasteiger partial charge in [0.1, 0.15) is 17.1 Å². The van der Waals surface area contributed by atoms with Crippen molar-refractivity contribution in [3.05, 3.63) is 68.5 Å². The van der Waals surface area contributed by atoms with E-state index in [2.05, 4.69) is 0 Å². The molecule has 0 spiro atoms. The Bertz CT molecular complexity index is 864. The Morgan fingerprint density at radius 2 is 1.76 bits per heavy atom. The van der Waals surface area contributed by atoms with Crippen molar-refractivity contribution in [2.45, 2.75) is 6.92 Å². The van der Waals surface area contributed by atoms with E-state index in [1.54, 1.807) is 24.3 Å². The first-order valence-corrected chi connectivity index (χ1v) is 6.97. The molecule has 3 rings (SSSR count). The fourth-order valence-corrected chi connectivity index (χ4v) is 2.60. The zero-order valence-corrected chi connectivity index (χ0v) is 12.5. The van der Waals surface area contributed by atoms with Crippen LogP contribution in [-0.4, -0.2) is 0 Å². The molecular formula is C16H10Cl2O3. The summed E-state index contributed by atoms with van der Waals surface area (Å²) in [7, 11) is 0. The van der Waals surface area contributed by atoms with Crippen LogP contribution in [0.15, 0.2) is 51.7 Å². The quantitative estimate of drug-likeness (QED) is 0.609. The molecule has 0 amide bonds. The van der Waals surface area contributed by atoms with Crippen molar-refractivity contribution >= 4 is 34.2 Å². The molecule has 1 aromatic heterocycles. The van der Waals surface area contributed by atoms with Crippen LogP contribution in [0.5, 0.6) is 11.5 Å². The Morgan fingerprint density at radius 1 is 1.05 bits per heavy atom. The van der Waals surface area contributed by atoms with Crippen molar-refractivity contribution < 1.29 is 9.15 Å². The summed E-state index contributed by atoms with van der Waals surface area (Å²) in [6.45, 7) is 1.87. The molecule has 0 aliphatic heterocycles. The third-order valence-corrected chi connectivity index (χ3v) is 3.67. The zero-order chi connectivity index (χ0) is 15.0. The van der Waals surface area contributed by atoms with Crippen LogP contribution in [0.1, 0.15) is 5.56 Å². The molecule has 0 N–H and O–H groups in total. The second kappa shape index (κ2) is 5.43. The lowest BCUT2D eigenvalue weighted by Crippen LogP contribution is -1.99. The SMILES string of the molecule is Cc1cccc(Cl)c1Oc1cc(=O)oc2cccc(Cl)c12. The summed E-state index contributed by atoms with van der Waals surface area (Å²) in [5.41, 5.74) is 0.718. The molecule has 0 fully saturated rings. The lowest BCUT2D eigenvalue weighted by Gasteiger charge is -2.12. The average Bonchev–Trinajstić information content (AvgIpc) is 2.42. The maximum absolute atomic E-state index is 11.7. The van der Waals surface area contributed by atoms with Crippen LogP contribution in [0.3, 0.4) is 0 Å². The molecule has 21 heavy (non-hydrogen) atoms. The lowest BCUT2D eigenvalue weighted by atomic mass is 10.2. The number of hydrogen-bond donors (Lipinski definition) is 0. The average molecular weight is 321 g/mol. The van der Waals surface area contributed by atoms with Crippen LogP contribution in [0, 0.1) is 6.92 Å². The van der Waals surface area contributed by atoms with Gasteiger partial charge in [-0.25, -0.2) is 4.79 Å². The molecule has 0 aliphatic carbocycles. The summed E-state index contributed by atoms with van der Waals surface area (Å²) in [6.07, 6.45) is 0. The van der Waals surface area contributed by atoms with Gasteiger partial charge in [-0.1, -0.05) is 41.4 Å². The largest absolute Gasteiger partial charge is 0.454 e. The minimum Gasteiger partial charge on any atom is -0.454 e. The van der Waals surface area contributed by atoms with Crippen LogP contribution in [0.2, 0.25) is 10.0 Å². The maximum atomic E-state index is 11.7. The molecule has 1 heterocycles. The first-order valence-electron chi connectivity index (χ1n) is 6.21. The van der Waals surface area contributed by atoms with Crippen molar-refractivity contribution in [2.75, 3.05) is 0 Å². The van der Waals surface area contributed by atoms with E-state index in [-0.39, 0.29) is 0 Å². The molecule has 0 atom stereocenters. The third-order valence-electron chi connectivity index (χ3n) is 3.06. The van der Waals surface area contributed by atoms with Crippen LogP contribution >= 0.6 is 23.2 Å². The smallest absolute Gasteiger partial charge is 0.339 e. The van der Waals surface area contributed by atoms with Gasteiger partial charge in [-0.15, -0.1) is 0 Å². The summed E-state index contributed by atoms with van der Waals surface area (Å²) in [5.74, 6) is 0.814. The summed E-state index contributed by atoms with van der Waals surface area (Å²) < 4.78 is 11.0. The van der Waals surface area contributed by atoms with Crippen molar-refractivity contribution in [1.29, 1.82) is 0 Å². The van der Waals surface area contributed by atoms with E-state index >= 15 is 0 Å². The Morgan fingerprint density at radius 3 is 2.52 bits per heavy atom. The molecule has 0 saturated heterocycles. The van der Waals surface area contributed by atoms with E-state index in [1.807, 2.05) is 19.1 Å². The Hall–Kier alpha value is -1.97. The standard InChI is InChI=1S/C16H10Cl2O3/c1-9-4-2-6-11(18)16(9)21-13-8-14(19)20-12-7-3-5-10(17)15(12)13/h2-8H,1H3. The van der Waals surface area contributed by atoms with Crippen LogP contribution in [0.4, 0.5) is 0 Å². The van der Waals surface area contributed by atoms with E-state index in [9.17, 15) is 4.79 Å². The predicted molar refractivity (Wildman–Crippen MR) is 83.8 cm³/mol. The van der Waals surface area contributed by atoms with E-state index < -0.39 is 5.63 Å². The summed E-state index contributed by atoms with van der Waals surface area (Å²) in [6, 6.07) is 11.8. The molecule has 106 valence electrons. The lowest BCUT2D eigenvalue weighted by molar-refractivity contribution is 0.472. The first-order chi connectivity index (χ1) is 10.1. The normalized spacial score (nSPS) is 10.8. The number of hydrogen-bond acceptors (Lipinski definition) is 3. The summed E-state index contributed by atoms with van der Waals surface area (Å²) in [5, 5.41) is 1.44. The van der Waals surface area contributed by atoms with Crippen LogP contribution in [0.25, 0.3) is 11.0 Å². The first kappa shape index (κ1) is 14.0. The van der Waals surface area contributed by atoms with E-state index in [4.69, 9.17) is 32.4 Å². The highest BCUT2D eigenvalue weighted by molar-refractivity contribution is 6.36. The highest BCUT2D eigenvalue weighted by Gasteiger charge is 2.13. The molecule has 0 aliphatic rings. The highest BCUT2D eigenvalue weighted by Crippen LogP contribution is 2.37. The molecule has 0 bridgehead atoms. The molecule has 0 radical (unpaired) electrons. The van der Waals surface area contributed by atoms with E-state index in [1.165, 1.54) is 6.07 Å². The number of rotatable bonds is 2. The van der Waals surface area contributed by atoms with Gasteiger partial charge in [0.15, 0.2) is 0 Å². The van der Waals surface area contributed by atoms with Crippen LogP contribution in [-0.2, 0) is 0 Å². The topological polar surface area (TPSA) is 39.4 Å². The van der Waals surface area contributed by atoms with Crippen LogP contribution < -0.4 is 10.4 Å². The minimum atomic E-state index is -0.510. The monoisotopic (exact) mass is 320 g/mol. The molecule has 2 aromatic carbocycles. The van der Waals surface area contributed by atoms with Crippen molar-refractivity contribution in [3.63, 3.8) is 0 Å². The molecular weight excluding hydrogens is 311 g/mol. The molecule has 5 heteroatoms. The van der Waals surface area contributed by atoms with E-state index in [0.717, 1.165) is 5.56 Å². The number of para-hydroxylation sites is 1. The zero-order valence-electron chi connectivity index (χ0n) is 11.0. The Labute approximate surface area is 130 Å².